The summed E-state index contributed by atoms with van der Waals surface area (Å²) in [6.45, 7) is 0.960. The lowest BCUT2D eigenvalue weighted by Crippen LogP contribution is -2.34. The lowest BCUT2D eigenvalue weighted by atomic mass is 9.94. The SMILES string of the molecule is O=C(O)c1ccc(N2CCC(C=Cc3c(-c4c(Cl)cccc4Cl)noc3C3CC3)CC2)nc1C(F)(F)F. The number of carbonyl (C=O) groups is 1. The van der Waals surface area contributed by atoms with E-state index in [1.54, 1.807) is 23.1 Å². The van der Waals surface area contributed by atoms with Gasteiger partial charge in [-0.25, -0.2) is 9.78 Å². The van der Waals surface area contributed by atoms with Crippen molar-refractivity contribution in [2.24, 2.45) is 5.92 Å². The zero-order valence-corrected chi connectivity index (χ0v) is 20.9. The normalized spacial score (nSPS) is 17.1. The highest BCUT2D eigenvalue weighted by Gasteiger charge is 2.38. The number of rotatable bonds is 6. The number of pyridine rings is 1. The molecule has 1 saturated heterocycles. The Kier molecular flexibility index (Phi) is 6.93. The van der Waals surface area contributed by atoms with Crippen LogP contribution in [0.1, 0.15) is 59.0 Å². The van der Waals surface area contributed by atoms with Gasteiger partial charge in [-0.2, -0.15) is 13.2 Å². The van der Waals surface area contributed by atoms with E-state index in [1.807, 2.05) is 6.08 Å². The Morgan fingerprint density at radius 2 is 1.76 bits per heavy atom. The van der Waals surface area contributed by atoms with Crippen LogP contribution in [0.4, 0.5) is 19.0 Å². The highest BCUT2D eigenvalue weighted by molar-refractivity contribution is 6.39. The monoisotopic (exact) mass is 551 g/mol. The van der Waals surface area contributed by atoms with Crippen molar-refractivity contribution in [3.05, 3.63) is 69.0 Å². The lowest BCUT2D eigenvalue weighted by molar-refractivity contribution is -0.141. The molecule has 1 aliphatic carbocycles. The van der Waals surface area contributed by atoms with Crippen LogP contribution in [0.15, 0.2) is 40.9 Å². The van der Waals surface area contributed by atoms with Gasteiger partial charge in [-0.15, -0.1) is 0 Å². The number of halogens is 5. The maximum Gasteiger partial charge on any atom is 0.434 e. The van der Waals surface area contributed by atoms with Crippen molar-refractivity contribution in [2.45, 2.75) is 37.8 Å². The summed E-state index contributed by atoms with van der Waals surface area (Å²) in [5.74, 6) is -0.251. The highest BCUT2D eigenvalue weighted by atomic mass is 35.5. The van der Waals surface area contributed by atoms with Gasteiger partial charge in [0.2, 0.25) is 0 Å². The predicted octanol–water partition coefficient (Wildman–Crippen LogP) is 7.57. The van der Waals surface area contributed by atoms with E-state index in [1.165, 1.54) is 6.07 Å². The van der Waals surface area contributed by atoms with E-state index < -0.39 is 23.4 Å². The van der Waals surface area contributed by atoms with Gasteiger partial charge in [0.05, 0.1) is 15.6 Å². The van der Waals surface area contributed by atoms with E-state index in [2.05, 4.69) is 16.2 Å². The molecule has 0 unspecified atom stereocenters. The number of anilines is 1. The van der Waals surface area contributed by atoms with Crippen LogP contribution in [0.25, 0.3) is 17.3 Å². The van der Waals surface area contributed by atoms with E-state index in [-0.39, 0.29) is 11.7 Å². The van der Waals surface area contributed by atoms with Gasteiger partial charge in [0.25, 0.3) is 0 Å². The molecule has 11 heteroatoms. The molecule has 3 heterocycles. The summed E-state index contributed by atoms with van der Waals surface area (Å²) in [5, 5.41) is 14.3. The van der Waals surface area contributed by atoms with Gasteiger partial charge in [0.1, 0.15) is 17.3 Å². The molecule has 37 heavy (non-hydrogen) atoms. The van der Waals surface area contributed by atoms with Crippen LogP contribution >= 0.6 is 23.2 Å². The quantitative estimate of drug-likeness (QED) is 0.340. The minimum absolute atomic E-state index is 0.116. The van der Waals surface area contributed by atoms with E-state index in [0.29, 0.717) is 53.2 Å². The average Bonchev–Trinajstić information content (AvgIpc) is 3.62. The van der Waals surface area contributed by atoms with Crippen molar-refractivity contribution >= 4 is 41.1 Å². The van der Waals surface area contributed by atoms with Gasteiger partial charge < -0.3 is 14.5 Å². The third-order valence-corrected chi connectivity index (χ3v) is 7.31. The molecule has 2 aromatic heterocycles. The number of piperidine rings is 1. The molecular formula is C26H22Cl2F3N3O3. The smallest absolute Gasteiger partial charge is 0.434 e. The molecular weight excluding hydrogens is 530 g/mol. The summed E-state index contributed by atoms with van der Waals surface area (Å²) >= 11 is 12.9. The number of nitrogens with zero attached hydrogens (tertiary/aromatic N) is 3. The molecule has 1 N–H and O–H groups in total. The zero-order chi connectivity index (χ0) is 26.3. The van der Waals surface area contributed by atoms with Crippen molar-refractivity contribution in [1.82, 2.24) is 10.1 Å². The first-order valence-electron chi connectivity index (χ1n) is 11.8. The molecule has 1 aliphatic heterocycles. The van der Waals surface area contributed by atoms with Crippen molar-refractivity contribution in [1.29, 1.82) is 0 Å². The average molecular weight is 552 g/mol. The fourth-order valence-electron chi connectivity index (χ4n) is 4.58. The number of carboxylic acid groups (broad SMARTS) is 1. The first-order valence-corrected chi connectivity index (χ1v) is 12.6. The standard InChI is InChI=1S/C26H22Cl2F3N3O3/c27-18-2-1-3-19(28)21(18)22-16(23(37-33-22)15-5-6-15)7-4-14-10-12-34(13-11-14)20-9-8-17(25(35)36)24(32-20)26(29,30)31/h1-4,7-9,14-15H,5-6,10-13H2,(H,35,36). The maximum absolute atomic E-state index is 13.4. The van der Waals surface area contributed by atoms with Gasteiger partial charge in [0, 0.05) is 30.1 Å². The molecule has 0 spiro atoms. The minimum Gasteiger partial charge on any atom is -0.478 e. The van der Waals surface area contributed by atoms with E-state index >= 15 is 0 Å². The summed E-state index contributed by atoms with van der Waals surface area (Å²) in [5.41, 5.74) is -0.185. The summed E-state index contributed by atoms with van der Waals surface area (Å²) in [6.07, 6.45) is 2.63. The number of allylic oxidation sites excluding steroid dienone is 1. The molecule has 194 valence electrons. The summed E-state index contributed by atoms with van der Waals surface area (Å²) in [7, 11) is 0. The Balaban J connectivity index is 1.34. The van der Waals surface area contributed by atoms with Crippen LogP contribution in [0.2, 0.25) is 10.0 Å². The first-order chi connectivity index (χ1) is 17.6. The topological polar surface area (TPSA) is 79.5 Å². The number of hydrogen-bond acceptors (Lipinski definition) is 5. The number of alkyl halides is 3. The summed E-state index contributed by atoms with van der Waals surface area (Å²) in [4.78, 5) is 16.6. The molecule has 1 saturated carbocycles. The van der Waals surface area contributed by atoms with Crippen molar-refractivity contribution in [3.63, 3.8) is 0 Å². The molecule has 2 fully saturated rings. The Morgan fingerprint density at radius 1 is 1.08 bits per heavy atom. The maximum atomic E-state index is 13.4. The van der Waals surface area contributed by atoms with Gasteiger partial charge >= 0.3 is 12.1 Å². The number of aromatic nitrogens is 2. The molecule has 1 aromatic carbocycles. The Bertz CT molecular complexity index is 1340. The van der Waals surface area contributed by atoms with Gasteiger partial charge in [0.15, 0.2) is 5.69 Å². The van der Waals surface area contributed by atoms with E-state index in [4.69, 9.17) is 32.8 Å². The fourth-order valence-corrected chi connectivity index (χ4v) is 5.16. The van der Waals surface area contributed by atoms with E-state index in [9.17, 15) is 18.0 Å². The zero-order valence-electron chi connectivity index (χ0n) is 19.4. The number of carboxylic acids is 1. The first kappa shape index (κ1) is 25.6. The minimum atomic E-state index is -4.86. The molecule has 0 bridgehead atoms. The van der Waals surface area contributed by atoms with Gasteiger partial charge in [-0.3, -0.25) is 0 Å². The van der Waals surface area contributed by atoms with Crippen LogP contribution < -0.4 is 4.90 Å². The third-order valence-electron chi connectivity index (χ3n) is 6.68. The predicted molar refractivity (Wildman–Crippen MR) is 134 cm³/mol. The number of benzene rings is 1. The molecule has 0 atom stereocenters. The Hall–Kier alpha value is -3.04. The molecule has 6 nitrogen and oxygen atoms in total. The van der Waals surface area contributed by atoms with Crippen molar-refractivity contribution < 1.29 is 27.6 Å². The van der Waals surface area contributed by atoms with E-state index in [0.717, 1.165) is 30.2 Å². The molecule has 2 aliphatic rings. The van der Waals surface area contributed by atoms with Crippen LogP contribution in [-0.4, -0.2) is 34.3 Å². The van der Waals surface area contributed by atoms with Crippen LogP contribution in [0.5, 0.6) is 0 Å². The summed E-state index contributed by atoms with van der Waals surface area (Å²) in [6, 6.07) is 7.55. The Morgan fingerprint density at radius 3 is 2.35 bits per heavy atom. The van der Waals surface area contributed by atoms with Crippen LogP contribution in [-0.2, 0) is 6.18 Å². The number of hydrogen-bond donors (Lipinski definition) is 1. The second kappa shape index (κ2) is 10.0. The number of aromatic carboxylic acids is 1. The summed E-state index contributed by atoms with van der Waals surface area (Å²) < 4.78 is 45.8. The second-order valence-corrected chi connectivity index (χ2v) is 10.0. The molecule has 0 amide bonds. The van der Waals surface area contributed by atoms with Crippen molar-refractivity contribution in [3.8, 4) is 11.3 Å². The largest absolute Gasteiger partial charge is 0.478 e. The highest BCUT2D eigenvalue weighted by Crippen LogP contribution is 2.46. The fraction of sp³-hybridized carbons (Fsp3) is 0.346. The molecule has 3 aromatic rings. The van der Waals surface area contributed by atoms with Gasteiger partial charge in [-0.05, 0) is 55.9 Å². The Labute approximate surface area is 220 Å². The lowest BCUT2D eigenvalue weighted by Gasteiger charge is -2.32. The molecule has 5 rings (SSSR count). The van der Waals surface area contributed by atoms with Crippen LogP contribution in [0, 0.1) is 5.92 Å². The second-order valence-electron chi connectivity index (χ2n) is 9.23. The molecule has 0 radical (unpaired) electrons. The van der Waals surface area contributed by atoms with Crippen molar-refractivity contribution in [2.75, 3.05) is 18.0 Å². The van der Waals surface area contributed by atoms with Gasteiger partial charge in [-0.1, -0.05) is 46.6 Å². The third kappa shape index (κ3) is 5.33. The van der Waals surface area contributed by atoms with Crippen LogP contribution in [0.3, 0.4) is 0 Å².